The number of nitrogens with one attached hydrogen (secondary N) is 1. The van der Waals surface area contributed by atoms with Crippen molar-refractivity contribution in [1.82, 2.24) is 10.2 Å². The van der Waals surface area contributed by atoms with Crippen LogP contribution in [0.25, 0.3) is 0 Å². The molecule has 1 N–H and O–H groups in total. The van der Waals surface area contributed by atoms with E-state index >= 15 is 0 Å². The Morgan fingerprint density at radius 3 is 2.15 bits per heavy atom. The zero-order chi connectivity index (χ0) is 14.5. The van der Waals surface area contributed by atoms with Gasteiger partial charge in [-0.05, 0) is 25.7 Å². The van der Waals surface area contributed by atoms with Crippen LogP contribution in [0.3, 0.4) is 0 Å². The zero-order valence-corrected chi connectivity index (χ0v) is 13.1. The fourth-order valence-corrected chi connectivity index (χ4v) is 3.24. The van der Waals surface area contributed by atoms with Gasteiger partial charge in [-0.25, -0.2) is 0 Å². The Hall–Kier alpha value is -0.480. The quantitative estimate of drug-likeness (QED) is 0.812. The smallest absolute Gasteiger partial charge is 0.253 e. The van der Waals surface area contributed by atoms with Crippen molar-refractivity contribution >= 4 is 35.0 Å². The molecule has 1 saturated heterocycles. The standard InChI is InChI=1S/C14H22Cl2N2O2/c15-12(16)13(19)17-11-6-8-18(9-7-11)14(20)10-4-2-1-3-5-10/h10-12H,1-9H2,(H,17,19). The van der Waals surface area contributed by atoms with E-state index in [1.54, 1.807) is 0 Å². The molecule has 2 fully saturated rings. The lowest BCUT2D eigenvalue weighted by Gasteiger charge is -2.35. The molecule has 1 aliphatic heterocycles. The molecule has 0 unspecified atom stereocenters. The molecule has 114 valence electrons. The summed E-state index contributed by atoms with van der Waals surface area (Å²) in [5.74, 6) is 0.192. The molecule has 0 radical (unpaired) electrons. The number of piperidine rings is 1. The molecule has 0 aromatic carbocycles. The topological polar surface area (TPSA) is 49.4 Å². The summed E-state index contributed by atoms with van der Waals surface area (Å²) in [5, 5.41) is 2.82. The highest BCUT2D eigenvalue weighted by Gasteiger charge is 2.29. The molecule has 0 bridgehead atoms. The maximum atomic E-state index is 12.4. The molecule has 2 rings (SSSR count). The second-order valence-corrected chi connectivity index (χ2v) is 6.84. The first-order valence-corrected chi connectivity index (χ1v) is 8.32. The zero-order valence-electron chi connectivity index (χ0n) is 11.6. The number of carbonyl (C=O) groups excluding carboxylic acids is 2. The van der Waals surface area contributed by atoms with Crippen LogP contribution in [0.2, 0.25) is 0 Å². The summed E-state index contributed by atoms with van der Waals surface area (Å²) in [7, 11) is 0. The fourth-order valence-electron chi connectivity index (χ4n) is 3.12. The number of alkyl halides is 2. The number of nitrogens with zero attached hydrogens (tertiary/aromatic N) is 1. The molecule has 20 heavy (non-hydrogen) atoms. The van der Waals surface area contributed by atoms with E-state index in [-0.39, 0.29) is 17.9 Å². The average Bonchev–Trinajstić information content (AvgIpc) is 2.48. The molecule has 1 saturated carbocycles. The summed E-state index contributed by atoms with van der Waals surface area (Å²) in [6.07, 6.45) is 7.25. The highest BCUT2D eigenvalue weighted by molar-refractivity contribution is 6.53. The molecule has 2 amide bonds. The molecular weight excluding hydrogens is 299 g/mol. The van der Waals surface area contributed by atoms with Crippen LogP contribution in [0.1, 0.15) is 44.9 Å². The SMILES string of the molecule is O=C(NC1CCN(C(=O)C2CCCCC2)CC1)C(Cl)Cl. The van der Waals surface area contributed by atoms with Gasteiger partial charge in [0.2, 0.25) is 5.91 Å². The van der Waals surface area contributed by atoms with Gasteiger partial charge in [0.1, 0.15) is 0 Å². The first-order chi connectivity index (χ1) is 9.58. The van der Waals surface area contributed by atoms with E-state index in [1.165, 1.54) is 19.3 Å². The minimum absolute atomic E-state index is 0.0814. The summed E-state index contributed by atoms with van der Waals surface area (Å²) < 4.78 is 0. The molecular formula is C14H22Cl2N2O2. The molecule has 2 aliphatic rings. The molecule has 1 aliphatic carbocycles. The van der Waals surface area contributed by atoms with E-state index in [0.717, 1.165) is 38.8 Å². The second-order valence-electron chi connectivity index (χ2n) is 5.74. The fraction of sp³-hybridized carbons (Fsp3) is 0.857. The first kappa shape index (κ1) is 15.9. The van der Waals surface area contributed by atoms with Gasteiger partial charge in [-0.1, -0.05) is 42.5 Å². The third-order valence-corrected chi connectivity index (χ3v) is 4.70. The van der Waals surface area contributed by atoms with E-state index in [0.29, 0.717) is 5.91 Å². The third kappa shape index (κ3) is 4.26. The van der Waals surface area contributed by atoms with Crippen molar-refractivity contribution in [2.45, 2.75) is 55.8 Å². The van der Waals surface area contributed by atoms with Crippen molar-refractivity contribution in [3.8, 4) is 0 Å². The lowest BCUT2D eigenvalue weighted by Crippen LogP contribution is -2.49. The minimum Gasteiger partial charge on any atom is -0.351 e. The first-order valence-electron chi connectivity index (χ1n) is 7.45. The maximum Gasteiger partial charge on any atom is 0.253 e. The highest BCUT2D eigenvalue weighted by atomic mass is 35.5. The Labute approximate surface area is 130 Å². The lowest BCUT2D eigenvalue weighted by atomic mass is 9.87. The third-order valence-electron chi connectivity index (χ3n) is 4.31. The molecule has 0 atom stereocenters. The van der Waals surface area contributed by atoms with Crippen molar-refractivity contribution < 1.29 is 9.59 Å². The Balaban J connectivity index is 1.76. The number of hydrogen-bond donors (Lipinski definition) is 1. The monoisotopic (exact) mass is 320 g/mol. The van der Waals surface area contributed by atoms with Crippen LogP contribution in [0, 0.1) is 5.92 Å². The van der Waals surface area contributed by atoms with Crippen LogP contribution >= 0.6 is 23.2 Å². The van der Waals surface area contributed by atoms with Gasteiger partial charge in [0.15, 0.2) is 4.84 Å². The Morgan fingerprint density at radius 1 is 1.00 bits per heavy atom. The Kier molecular flexibility index (Phi) is 5.97. The number of halogens is 2. The lowest BCUT2D eigenvalue weighted by molar-refractivity contribution is -0.137. The summed E-state index contributed by atoms with van der Waals surface area (Å²) in [6.45, 7) is 1.44. The van der Waals surface area contributed by atoms with Gasteiger partial charge < -0.3 is 10.2 Å². The van der Waals surface area contributed by atoms with Gasteiger partial charge in [0.25, 0.3) is 5.91 Å². The summed E-state index contributed by atoms with van der Waals surface area (Å²) in [6, 6.07) is 0.0814. The van der Waals surface area contributed by atoms with Gasteiger partial charge in [0.05, 0.1) is 0 Å². The normalized spacial score (nSPS) is 22.1. The Bertz CT molecular complexity index is 349. The predicted molar refractivity (Wildman–Crippen MR) is 79.8 cm³/mol. The minimum atomic E-state index is -1.02. The van der Waals surface area contributed by atoms with Crippen molar-refractivity contribution in [1.29, 1.82) is 0 Å². The van der Waals surface area contributed by atoms with Crippen LogP contribution in [-0.4, -0.2) is 40.7 Å². The van der Waals surface area contributed by atoms with Crippen molar-refractivity contribution in [3.05, 3.63) is 0 Å². The number of amides is 2. The number of rotatable bonds is 3. The van der Waals surface area contributed by atoms with E-state index in [4.69, 9.17) is 23.2 Å². The van der Waals surface area contributed by atoms with E-state index in [9.17, 15) is 9.59 Å². The molecule has 0 aromatic heterocycles. The van der Waals surface area contributed by atoms with Gasteiger partial charge in [-0.2, -0.15) is 0 Å². The van der Waals surface area contributed by atoms with Crippen molar-refractivity contribution in [2.75, 3.05) is 13.1 Å². The molecule has 4 nitrogen and oxygen atoms in total. The largest absolute Gasteiger partial charge is 0.351 e. The molecule has 0 spiro atoms. The van der Waals surface area contributed by atoms with E-state index in [1.807, 2.05) is 4.90 Å². The average molecular weight is 321 g/mol. The number of carbonyl (C=O) groups is 2. The van der Waals surface area contributed by atoms with Gasteiger partial charge in [-0.3, -0.25) is 9.59 Å². The highest BCUT2D eigenvalue weighted by Crippen LogP contribution is 2.26. The van der Waals surface area contributed by atoms with E-state index in [2.05, 4.69) is 5.32 Å². The van der Waals surface area contributed by atoms with Crippen LogP contribution < -0.4 is 5.32 Å². The van der Waals surface area contributed by atoms with Gasteiger partial charge >= 0.3 is 0 Å². The predicted octanol–water partition coefficient (Wildman–Crippen LogP) is 2.48. The number of hydrogen-bond acceptors (Lipinski definition) is 2. The van der Waals surface area contributed by atoms with Crippen LogP contribution in [0.4, 0.5) is 0 Å². The molecule has 0 aromatic rings. The van der Waals surface area contributed by atoms with Crippen molar-refractivity contribution in [2.24, 2.45) is 5.92 Å². The maximum absolute atomic E-state index is 12.4. The summed E-state index contributed by atoms with van der Waals surface area (Å²) >= 11 is 11.0. The second kappa shape index (κ2) is 7.51. The van der Waals surface area contributed by atoms with Gasteiger partial charge in [0, 0.05) is 25.0 Å². The molecule has 6 heteroatoms. The summed E-state index contributed by atoms with van der Waals surface area (Å²) in [5.41, 5.74) is 0. The van der Waals surface area contributed by atoms with Crippen LogP contribution in [-0.2, 0) is 9.59 Å². The number of likely N-dealkylation sites (tertiary alicyclic amines) is 1. The Morgan fingerprint density at radius 2 is 1.60 bits per heavy atom. The van der Waals surface area contributed by atoms with Crippen LogP contribution in [0.15, 0.2) is 0 Å². The summed E-state index contributed by atoms with van der Waals surface area (Å²) in [4.78, 5) is 24.7. The molecule has 1 heterocycles. The van der Waals surface area contributed by atoms with Crippen LogP contribution in [0.5, 0.6) is 0 Å². The van der Waals surface area contributed by atoms with E-state index < -0.39 is 4.84 Å². The van der Waals surface area contributed by atoms with Gasteiger partial charge in [-0.15, -0.1) is 0 Å². The van der Waals surface area contributed by atoms with Crippen molar-refractivity contribution in [3.63, 3.8) is 0 Å².